The lowest BCUT2D eigenvalue weighted by Gasteiger charge is -2.22. The number of rotatable bonds is 6. The van der Waals surface area contributed by atoms with E-state index in [-0.39, 0.29) is 6.61 Å². The van der Waals surface area contributed by atoms with Gasteiger partial charge in [-0.1, -0.05) is 6.07 Å². The van der Waals surface area contributed by atoms with Crippen molar-refractivity contribution < 1.29 is 24.2 Å². The predicted molar refractivity (Wildman–Crippen MR) is 73.0 cm³/mol. The summed E-state index contributed by atoms with van der Waals surface area (Å²) in [5, 5.41) is 9.89. The summed E-state index contributed by atoms with van der Waals surface area (Å²) in [5.74, 6) is -0.998. The lowest BCUT2D eigenvalue weighted by Crippen LogP contribution is -2.32. The molecule has 20 heavy (non-hydrogen) atoms. The second-order valence-electron chi connectivity index (χ2n) is 3.94. The molecule has 2 atom stereocenters. The third-order valence-corrected chi connectivity index (χ3v) is 2.84. The van der Waals surface area contributed by atoms with Crippen LogP contribution in [0.15, 0.2) is 18.3 Å². The van der Waals surface area contributed by atoms with Gasteiger partial charge in [0, 0.05) is 18.9 Å². The Bertz CT molecular complexity index is 483. The molecule has 0 saturated carbocycles. The van der Waals surface area contributed by atoms with Crippen molar-refractivity contribution in [1.29, 1.82) is 0 Å². The predicted octanol–water partition coefficient (Wildman–Crippen LogP) is 0.572. The summed E-state index contributed by atoms with van der Waals surface area (Å²) >= 11 is 4.16. The Morgan fingerprint density at radius 3 is 2.80 bits per heavy atom. The van der Waals surface area contributed by atoms with Crippen LogP contribution in [0.2, 0.25) is 0 Å². The highest BCUT2D eigenvalue weighted by Gasteiger charge is 2.28. The van der Waals surface area contributed by atoms with Crippen LogP contribution in [0.1, 0.15) is 24.1 Å². The number of aliphatic hydroxyl groups is 1. The number of hydrogen-bond acceptors (Lipinski definition) is 7. The molecule has 1 heterocycles. The van der Waals surface area contributed by atoms with E-state index in [9.17, 15) is 14.7 Å². The molecular weight excluding hydrogens is 284 g/mol. The van der Waals surface area contributed by atoms with Gasteiger partial charge in [-0.25, -0.2) is 4.79 Å². The third kappa shape index (κ3) is 4.71. The molecule has 8 heteroatoms. The van der Waals surface area contributed by atoms with Crippen molar-refractivity contribution in [3.8, 4) is 0 Å². The molecule has 0 saturated heterocycles. The topological polar surface area (TPSA) is 112 Å². The van der Waals surface area contributed by atoms with Crippen molar-refractivity contribution in [2.45, 2.75) is 24.9 Å². The minimum Gasteiger partial charge on any atom is -0.465 e. The number of aromatic nitrogens is 1. The SMILES string of the molecule is CC(=O)OC[C@@H](c1ncccc1CS)C(O)OC(N)=O. The molecule has 0 aliphatic carbocycles. The monoisotopic (exact) mass is 300 g/mol. The Labute approximate surface area is 121 Å². The lowest BCUT2D eigenvalue weighted by atomic mass is 10.0. The maximum atomic E-state index is 10.9. The van der Waals surface area contributed by atoms with Gasteiger partial charge in [0.1, 0.15) is 6.61 Å². The van der Waals surface area contributed by atoms with Gasteiger partial charge in [0.2, 0.25) is 6.29 Å². The molecule has 0 radical (unpaired) electrons. The van der Waals surface area contributed by atoms with Crippen molar-refractivity contribution in [2.24, 2.45) is 5.73 Å². The van der Waals surface area contributed by atoms with Crippen LogP contribution in [-0.2, 0) is 20.0 Å². The number of carbonyl (C=O) groups excluding carboxylic acids is 2. The summed E-state index contributed by atoms with van der Waals surface area (Å²) in [6.07, 6.45) is -1.19. The molecule has 1 unspecified atom stereocenters. The fourth-order valence-electron chi connectivity index (χ4n) is 1.62. The van der Waals surface area contributed by atoms with Crippen LogP contribution in [0.25, 0.3) is 0 Å². The largest absolute Gasteiger partial charge is 0.465 e. The van der Waals surface area contributed by atoms with Crippen LogP contribution in [0.5, 0.6) is 0 Å². The lowest BCUT2D eigenvalue weighted by molar-refractivity contribution is -0.145. The van der Waals surface area contributed by atoms with E-state index in [2.05, 4.69) is 22.3 Å². The highest BCUT2D eigenvalue weighted by atomic mass is 32.1. The number of nitrogens with zero attached hydrogens (tertiary/aromatic N) is 1. The fourth-order valence-corrected chi connectivity index (χ4v) is 1.89. The first-order chi connectivity index (χ1) is 9.45. The maximum absolute atomic E-state index is 10.9. The van der Waals surface area contributed by atoms with Crippen molar-refractivity contribution in [2.75, 3.05) is 6.61 Å². The molecule has 1 aromatic rings. The standard InChI is InChI=1S/C12H16N2O5S/c1-7(15)18-5-9(11(16)19-12(13)17)10-8(6-20)3-2-4-14-10/h2-4,9,11,16,20H,5-6H2,1H3,(H2,13,17)/t9-,11?/m0/s1. The van der Waals surface area contributed by atoms with E-state index in [1.165, 1.54) is 13.1 Å². The Balaban J connectivity index is 3.01. The highest BCUT2D eigenvalue weighted by molar-refractivity contribution is 7.79. The minimum absolute atomic E-state index is 0.193. The van der Waals surface area contributed by atoms with Crippen LogP contribution < -0.4 is 5.73 Å². The second kappa shape index (κ2) is 7.71. The molecule has 1 aromatic heterocycles. The van der Waals surface area contributed by atoms with Gasteiger partial charge in [-0.05, 0) is 11.6 Å². The normalized spacial score (nSPS) is 13.3. The van der Waals surface area contributed by atoms with Gasteiger partial charge >= 0.3 is 12.1 Å². The smallest absolute Gasteiger partial charge is 0.406 e. The van der Waals surface area contributed by atoms with E-state index in [1.807, 2.05) is 0 Å². The van der Waals surface area contributed by atoms with Gasteiger partial charge in [0.05, 0.1) is 11.6 Å². The number of primary amides is 1. The molecule has 110 valence electrons. The van der Waals surface area contributed by atoms with Gasteiger partial charge in [0.25, 0.3) is 0 Å². The van der Waals surface area contributed by atoms with E-state index >= 15 is 0 Å². The quantitative estimate of drug-likeness (QED) is 0.402. The van der Waals surface area contributed by atoms with Gasteiger partial charge < -0.3 is 20.3 Å². The summed E-state index contributed by atoms with van der Waals surface area (Å²) in [7, 11) is 0. The van der Waals surface area contributed by atoms with Crippen molar-refractivity contribution in [1.82, 2.24) is 4.98 Å². The summed E-state index contributed by atoms with van der Waals surface area (Å²) < 4.78 is 9.40. The van der Waals surface area contributed by atoms with Crippen molar-refractivity contribution >= 4 is 24.7 Å². The zero-order valence-corrected chi connectivity index (χ0v) is 11.7. The molecule has 0 fully saturated rings. The summed E-state index contributed by atoms with van der Waals surface area (Å²) in [4.78, 5) is 25.8. The Morgan fingerprint density at radius 1 is 1.55 bits per heavy atom. The van der Waals surface area contributed by atoms with Crippen LogP contribution in [0.4, 0.5) is 4.79 Å². The minimum atomic E-state index is -1.57. The molecule has 7 nitrogen and oxygen atoms in total. The van der Waals surface area contributed by atoms with Crippen molar-refractivity contribution in [3.05, 3.63) is 29.6 Å². The molecule has 1 amide bonds. The Morgan fingerprint density at radius 2 is 2.25 bits per heavy atom. The highest BCUT2D eigenvalue weighted by Crippen LogP contribution is 2.24. The molecular formula is C12H16N2O5S. The van der Waals surface area contributed by atoms with Crippen LogP contribution in [-0.4, -0.2) is 35.0 Å². The molecule has 0 aliphatic rings. The maximum Gasteiger partial charge on any atom is 0.406 e. The summed E-state index contributed by atoms with van der Waals surface area (Å²) in [6, 6.07) is 3.46. The molecule has 3 N–H and O–H groups in total. The Kier molecular flexibility index (Phi) is 6.26. The number of aliphatic hydroxyl groups excluding tert-OH is 1. The van der Waals surface area contributed by atoms with Gasteiger partial charge in [-0.2, -0.15) is 12.6 Å². The average Bonchev–Trinajstić information content (AvgIpc) is 2.38. The van der Waals surface area contributed by atoms with Gasteiger partial charge in [-0.15, -0.1) is 0 Å². The van der Waals surface area contributed by atoms with Crippen molar-refractivity contribution in [3.63, 3.8) is 0 Å². The van der Waals surface area contributed by atoms with E-state index < -0.39 is 24.3 Å². The van der Waals surface area contributed by atoms with E-state index in [0.717, 1.165) is 5.56 Å². The van der Waals surface area contributed by atoms with Crippen LogP contribution >= 0.6 is 12.6 Å². The first-order valence-electron chi connectivity index (χ1n) is 5.77. The molecule has 0 aliphatic heterocycles. The zero-order chi connectivity index (χ0) is 15.1. The number of hydrogen-bond donors (Lipinski definition) is 3. The number of carbonyl (C=O) groups is 2. The second-order valence-corrected chi connectivity index (χ2v) is 4.26. The van der Waals surface area contributed by atoms with E-state index in [4.69, 9.17) is 10.5 Å². The molecule has 0 aromatic carbocycles. The van der Waals surface area contributed by atoms with E-state index in [0.29, 0.717) is 11.4 Å². The Hall–Kier alpha value is -1.80. The summed E-state index contributed by atoms with van der Waals surface area (Å²) in [5.41, 5.74) is 6.02. The first-order valence-corrected chi connectivity index (χ1v) is 6.41. The number of ether oxygens (including phenoxy) is 2. The first kappa shape index (κ1) is 16.3. The fraction of sp³-hybridized carbons (Fsp3) is 0.417. The number of pyridine rings is 1. The zero-order valence-electron chi connectivity index (χ0n) is 10.9. The van der Waals surface area contributed by atoms with Crippen LogP contribution in [0.3, 0.4) is 0 Å². The number of esters is 1. The molecule has 0 bridgehead atoms. The molecule has 1 rings (SSSR count). The number of thiol groups is 1. The molecule has 0 spiro atoms. The van der Waals surface area contributed by atoms with Gasteiger partial charge in [-0.3, -0.25) is 9.78 Å². The third-order valence-electron chi connectivity index (χ3n) is 2.49. The number of amides is 1. The summed E-state index contributed by atoms with van der Waals surface area (Å²) in [6.45, 7) is 1.04. The van der Waals surface area contributed by atoms with E-state index in [1.54, 1.807) is 12.1 Å². The number of nitrogens with two attached hydrogens (primary N) is 1. The van der Waals surface area contributed by atoms with Crippen LogP contribution in [0, 0.1) is 0 Å². The average molecular weight is 300 g/mol. The van der Waals surface area contributed by atoms with Gasteiger partial charge in [0.15, 0.2) is 0 Å².